The molecule has 0 heterocycles. The summed E-state index contributed by atoms with van der Waals surface area (Å²) >= 11 is 1.39. The molecule has 0 atom stereocenters. The number of benzene rings is 1. The summed E-state index contributed by atoms with van der Waals surface area (Å²) in [6.07, 6.45) is 2.32. The molecule has 0 saturated heterocycles. The van der Waals surface area contributed by atoms with Crippen LogP contribution in [0.3, 0.4) is 0 Å². The van der Waals surface area contributed by atoms with Gasteiger partial charge in [0.2, 0.25) is 0 Å². The fraction of sp³-hybridized carbons (Fsp3) is 0.471. The molecular formula is C17H24O3S. The van der Waals surface area contributed by atoms with Crippen LogP contribution in [0, 0.1) is 0 Å². The summed E-state index contributed by atoms with van der Waals surface area (Å²) in [4.78, 5) is 11.4. The van der Waals surface area contributed by atoms with E-state index >= 15 is 0 Å². The topological polar surface area (TPSA) is 35.5 Å². The fourth-order valence-electron chi connectivity index (χ4n) is 1.82. The SMILES string of the molecule is C=C(CCCC(=O)SCC)COCc1ccc(OC)cc1. The Hall–Kier alpha value is -1.26. The maximum absolute atomic E-state index is 11.4. The highest BCUT2D eigenvalue weighted by molar-refractivity contribution is 8.13. The second kappa shape index (κ2) is 10.5. The number of hydrogen-bond acceptors (Lipinski definition) is 4. The van der Waals surface area contributed by atoms with Crippen LogP contribution in [0.4, 0.5) is 0 Å². The number of ether oxygens (including phenoxy) is 2. The third kappa shape index (κ3) is 7.93. The normalized spacial score (nSPS) is 10.4. The summed E-state index contributed by atoms with van der Waals surface area (Å²) in [6, 6.07) is 7.82. The molecule has 0 spiro atoms. The molecule has 0 aliphatic carbocycles. The Morgan fingerprint density at radius 2 is 1.95 bits per heavy atom. The number of hydrogen-bond donors (Lipinski definition) is 0. The second-order valence-electron chi connectivity index (χ2n) is 4.75. The van der Waals surface area contributed by atoms with Crippen molar-refractivity contribution in [2.75, 3.05) is 19.5 Å². The van der Waals surface area contributed by atoms with Gasteiger partial charge in [-0.1, -0.05) is 43.0 Å². The van der Waals surface area contributed by atoms with Crippen molar-refractivity contribution in [2.24, 2.45) is 0 Å². The fourth-order valence-corrected chi connectivity index (χ4v) is 2.43. The average Bonchev–Trinajstić information content (AvgIpc) is 2.48. The van der Waals surface area contributed by atoms with Crippen molar-refractivity contribution < 1.29 is 14.3 Å². The monoisotopic (exact) mass is 308 g/mol. The van der Waals surface area contributed by atoms with Gasteiger partial charge in [-0.3, -0.25) is 4.79 Å². The van der Waals surface area contributed by atoms with Gasteiger partial charge in [0.1, 0.15) is 5.75 Å². The van der Waals surface area contributed by atoms with Crippen molar-refractivity contribution in [1.29, 1.82) is 0 Å². The predicted molar refractivity (Wildman–Crippen MR) is 88.8 cm³/mol. The van der Waals surface area contributed by atoms with Gasteiger partial charge < -0.3 is 9.47 Å². The second-order valence-corrected chi connectivity index (χ2v) is 6.07. The Balaban J connectivity index is 2.13. The van der Waals surface area contributed by atoms with Crippen molar-refractivity contribution in [3.05, 3.63) is 42.0 Å². The van der Waals surface area contributed by atoms with Crippen LogP contribution in [0.1, 0.15) is 31.7 Å². The maximum Gasteiger partial charge on any atom is 0.188 e. The molecule has 116 valence electrons. The molecule has 1 aromatic carbocycles. The Kier molecular flexibility index (Phi) is 8.87. The lowest BCUT2D eigenvalue weighted by Crippen LogP contribution is -1.99. The lowest BCUT2D eigenvalue weighted by molar-refractivity contribution is -0.111. The zero-order valence-corrected chi connectivity index (χ0v) is 13.7. The van der Waals surface area contributed by atoms with E-state index in [0.717, 1.165) is 35.5 Å². The minimum Gasteiger partial charge on any atom is -0.497 e. The van der Waals surface area contributed by atoms with Gasteiger partial charge in [0, 0.05) is 6.42 Å². The highest BCUT2D eigenvalue weighted by Gasteiger charge is 2.02. The summed E-state index contributed by atoms with van der Waals surface area (Å²) in [5, 5.41) is 0.268. The average molecular weight is 308 g/mol. The molecule has 0 saturated carbocycles. The van der Waals surface area contributed by atoms with E-state index in [1.54, 1.807) is 7.11 Å². The van der Waals surface area contributed by atoms with Crippen LogP contribution in [0.5, 0.6) is 5.75 Å². The molecule has 1 rings (SSSR count). The molecule has 0 amide bonds. The number of carbonyl (C=O) groups is 1. The third-order valence-corrected chi connectivity index (χ3v) is 3.77. The third-order valence-electron chi connectivity index (χ3n) is 2.95. The predicted octanol–water partition coefficient (Wildman–Crippen LogP) is 4.22. The summed E-state index contributed by atoms with van der Waals surface area (Å²) in [5.41, 5.74) is 2.15. The lowest BCUT2D eigenvalue weighted by atomic mass is 10.1. The van der Waals surface area contributed by atoms with Crippen LogP contribution in [-0.2, 0) is 16.1 Å². The van der Waals surface area contributed by atoms with Crippen molar-refractivity contribution >= 4 is 16.9 Å². The van der Waals surface area contributed by atoms with E-state index in [1.165, 1.54) is 11.8 Å². The van der Waals surface area contributed by atoms with Crippen LogP contribution < -0.4 is 4.74 Å². The highest BCUT2D eigenvalue weighted by Crippen LogP contribution is 2.14. The molecule has 0 radical (unpaired) electrons. The Morgan fingerprint density at radius 3 is 2.57 bits per heavy atom. The van der Waals surface area contributed by atoms with Gasteiger partial charge in [-0.05, 0) is 36.3 Å². The Morgan fingerprint density at radius 1 is 1.24 bits per heavy atom. The summed E-state index contributed by atoms with van der Waals surface area (Å²) < 4.78 is 10.7. The van der Waals surface area contributed by atoms with Gasteiger partial charge in [-0.2, -0.15) is 0 Å². The molecular weight excluding hydrogens is 284 g/mol. The molecule has 3 nitrogen and oxygen atoms in total. The Bertz CT molecular complexity index is 440. The number of thioether (sulfide) groups is 1. The molecule has 0 N–H and O–H groups in total. The standard InChI is InChI=1S/C17H24O3S/c1-4-21-17(18)7-5-6-14(2)12-20-13-15-8-10-16(19-3)11-9-15/h8-11H,2,4-7,12-13H2,1,3H3. The van der Waals surface area contributed by atoms with Crippen molar-refractivity contribution in [1.82, 2.24) is 0 Å². The molecule has 0 bridgehead atoms. The molecule has 0 aliphatic heterocycles. The quantitative estimate of drug-likeness (QED) is 0.606. The molecule has 0 unspecified atom stereocenters. The van der Waals surface area contributed by atoms with Gasteiger partial charge in [-0.15, -0.1) is 0 Å². The van der Waals surface area contributed by atoms with Crippen molar-refractivity contribution in [2.45, 2.75) is 32.8 Å². The number of methoxy groups -OCH3 is 1. The first kappa shape index (κ1) is 17.8. The van der Waals surface area contributed by atoms with E-state index in [2.05, 4.69) is 6.58 Å². The Labute approximate surface area is 131 Å². The van der Waals surface area contributed by atoms with Crippen LogP contribution in [0.15, 0.2) is 36.4 Å². The minimum atomic E-state index is 0.268. The molecule has 4 heteroatoms. The first-order valence-corrected chi connectivity index (χ1v) is 8.17. The van der Waals surface area contributed by atoms with E-state index < -0.39 is 0 Å². The highest BCUT2D eigenvalue weighted by atomic mass is 32.2. The summed E-state index contributed by atoms with van der Waals surface area (Å²) in [5.74, 6) is 1.70. The lowest BCUT2D eigenvalue weighted by Gasteiger charge is -2.08. The first-order valence-electron chi connectivity index (χ1n) is 7.18. The van der Waals surface area contributed by atoms with E-state index in [4.69, 9.17) is 9.47 Å². The number of carbonyl (C=O) groups excluding carboxylic acids is 1. The van der Waals surface area contributed by atoms with Crippen LogP contribution in [0.25, 0.3) is 0 Å². The molecule has 0 aromatic heterocycles. The van der Waals surface area contributed by atoms with Gasteiger partial charge >= 0.3 is 0 Å². The van der Waals surface area contributed by atoms with Crippen LogP contribution in [-0.4, -0.2) is 24.6 Å². The van der Waals surface area contributed by atoms with E-state index in [9.17, 15) is 4.79 Å². The molecule has 0 fully saturated rings. The molecule has 1 aromatic rings. The molecule has 21 heavy (non-hydrogen) atoms. The smallest absolute Gasteiger partial charge is 0.188 e. The first-order chi connectivity index (χ1) is 10.2. The summed E-state index contributed by atoms with van der Waals surface area (Å²) in [6.45, 7) is 7.09. The van der Waals surface area contributed by atoms with Gasteiger partial charge in [0.25, 0.3) is 0 Å². The van der Waals surface area contributed by atoms with Crippen molar-refractivity contribution in [3.8, 4) is 5.75 Å². The van der Waals surface area contributed by atoms with Gasteiger partial charge in [-0.25, -0.2) is 0 Å². The van der Waals surface area contributed by atoms with E-state index in [-0.39, 0.29) is 5.12 Å². The van der Waals surface area contributed by atoms with Crippen LogP contribution in [0.2, 0.25) is 0 Å². The summed E-state index contributed by atoms with van der Waals surface area (Å²) in [7, 11) is 1.65. The largest absolute Gasteiger partial charge is 0.497 e. The van der Waals surface area contributed by atoms with E-state index in [1.807, 2.05) is 31.2 Å². The maximum atomic E-state index is 11.4. The van der Waals surface area contributed by atoms with Crippen molar-refractivity contribution in [3.63, 3.8) is 0 Å². The van der Waals surface area contributed by atoms with Crippen LogP contribution >= 0.6 is 11.8 Å². The van der Waals surface area contributed by atoms with E-state index in [0.29, 0.717) is 19.6 Å². The minimum absolute atomic E-state index is 0.268. The zero-order valence-electron chi connectivity index (χ0n) is 12.9. The number of rotatable bonds is 10. The molecule has 0 aliphatic rings. The van der Waals surface area contributed by atoms with Gasteiger partial charge in [0.05, 0.1) is 20.3 Å². The van der Waals surface area contributed by atoms with Gasteiger partial charge in [0.15, 0.2) is 5.12 Å². The zero-order chi connectivity index (χ0) is 15.5.